The van der Waals surface area contributed by atoms with Gasteiger partial charge < -0.3 is 15.4 Å². The quantitative estimate of drug-likeness (QED) is 0.849. The molecule has 0 spiro atoms. The van der Waals surface area contributed by atoms with Crippen LogP contribution in [0.4, 0.5) is 0 Å². The van der Waals surface area contributed by atoms with E-state index in [4.69, 9.17) is 4.74 Å². The standard InChI is InChI=1S/C15H22N2O2/c1-10(13-8-16-9-13)15(18)17-11(2)12-5-4-6-14(7-12)19-3/h4-7,10-11,13,16H,8-9H2,1-3H3,(H,17,18)/t10?,11-/m0/s1. The van der Waals surface area contributed by atoms with Crippen LogP contribution in [-0.2, 0) is 4.79 Å². The van der Waals surface area contributed by atoms with Gasteiger partial charge in [0.15, 0.2) is 0 Å². The molecular weight excluding hydrogens is 240 g/mol. The molecule has 4 heteroatoms. The summed E-state index contributed by atoms with van der Waals surface area (Å²) in [5, 5.41) is 6.27. The van der Waals surface area contributed by atoms with Gasteiger partial charge in [0.1, 0.15) is 5.75 Å². The number of ether oxygens (including phenoxy) is 1. The van der Waals surface area contributed by atoms with Gasteiger partial charge in [-0.05, 0) is 43.6 Å². The summed E-state index contributed by atoms with van der Waals surface area (Å²) < 4.78 is 5.20. The summed E-state index contributed by atoms with van der Waals surface area (Å²) in [5.74, 6) is 1.48. The number of nitrogens with one attached hydrogen (secondary N) is 2. The zero-order valence-corrected chi connectivity index (χ0v) is 11.8. The van der Waals surface area contributed by atoms with Crippen molar-refractivity contribution in [2.24, 2.45) is 11.8 Å². The van der Waals surface area contributed by atoms with E-state index >= 15 is 0 Å². The highest BCUT2D eigenvalue weighted by Crippen LogP contribution is 2.21. The molecule has 104 valence electrons. The third-order valence-corrected chi connectivity index (χ3v) is 3.89. The largest absolute Gasteiger partial charge is 0.497 e. The lowest BCUT2D eigenvalue weighted by atomic mass is 9.88. The first-order valence-corrected chi connectivity index (χ1v) is 6.77. The van der Waals surface area contributed by atoms with Gasteiger partial charge in [0.2, 0.25) is 5.91 Å². The summed E-state index contributed by atoms with van der Waals surface area (Å²) in [6.07, 6.45) is 0. The van der Waals surface area contributed by atoms with Gasteiger partial charge in [-0.3, -0.25) is 4.79 Å². The molecule has 4 nitrogen and oxygen atoms in total. The summed E-state index contributed by atoms with van der Waals surface area (Å²) in [6.45, 7) is 5.89. The minimum absolute atomic E-state index is 0.00177. The number of hydrogen-bond acceptors (Lipinski definition) is 3. The molecule has 1 unspecified atom stereocenters. The third kappa shape index (κ3) is 3.26. The Bertz CT molecular complexity index is 444. The van der Waals surface area contributed by atoms with Crippen molar-refractivity contribution in [1.29, 1.82) is 0 Å². The van der Waals surface area contributed by atoms with E-state index < -0.39 is 0 Å². The molecule has 2 N–H and O–H groups in total. The van der Waals surface area contributed by atoms with Crippen molar-refractivity contribution in [1.82, 2.24) is 10.6 Å². The maximum atomic E-state index is 12.1. The molecule has 0 saturated carbocycles. The average Bonchev–Trinajstić information content (AvgIpc) is 2.36. The van der Waals surface area contributed by atoms with Crippen LogP contribution < -0.4 is 15.4 Å². The van der Waals surface area contributed by atoms with Crippen LogP contribution in [0.5, 0.6) is 5.75 Å². The zero-order chi connectivity index (χ0) is 13.8. The normalized spacial score (nSPS) is 18.3. The van der Waals surface area contributed by atoms with E-state index in [9.17, 15) is 4.79 Å². The Morgan fingerprint density at radius 3 is 2.74 bits per heavy atom. The highest BCUT2D eigenvalue weighted by molar-refractivity contribution is 5.79. The molecule has 1 amide bonds. The summed E-state index contributed by atoms with van der Waals surface area (Å²) in [7, 11) is 1.65. The Morgan fingerprint density at radius 1 is 1.42 bits per heavy atom. The van der Waals surface area contributed by atoms with Crippen molar-refractivity contribution >= 4 is 5.91 Å². The first-order valence-electron chi connectivity index (χ1n) is 6.77. The van der Waals surface area contributed by atoms with Gasteiger partial charge in [0, 0.05) is 5.92 Å². The lowest BCUT2D eigenvalue weighted by Gasteiger charge is -2.32. The van der Waals surface area contributed by atoms with Gasteiger partial charge in [-0.25, -0.2) is 0 Å². The van der Waals surface area contributed by atoms with Gasteiger partial charge in [0.25, 0.3) is 0 Å². The zero-order valence-electron chi connectivity index (χ0n) is 11.8. The molecule has 1 heterocycles. The molecule has 0 bridgehead atoms. The van der Waals surface area contributed by atoms with Crippen LogP contribution in [0.1, 0.15) is 25.5 Å². The molecule has 2 atom stereocenters. The fraction of sp³-hybridized carbons (Fsp3) is 0.533. The van der Waals surface area contributed by atoms with Crippen molar-refractivity contribution in [2.75, 3.05) is 20.2 Å². The van der Waals surface area contributed by atoms with E-state index in [0.29, 0.717) is 5.92 Å². The molecular formula is C15H22N2O2. The van der Waals surface area contributed by atoms with Crippen molar-refractivity contribution < 1.29 is 9.53 Å². The predicted octanol–water partition coefficient (Wildman–Crippen LogP) is 1.73. The molecule has 1 aromatic carbocycles. The molecule has 1 aliphatic rings. The first-order chi connectivity index (χ1) is 9.11. The number of carbonyl (C=O) groups excluding carboxylic acids is 1. The minimum Gasteiger partial charge on any atom is -0.497 e. The molecule has 2 rings (SSSR count). The fourth-order valence-electron chi connectivity index (χ4n) is 2.22. The van der Waals surface area contributed by atoms with Crippen LogP contribution in [-0.4, -0.2) is 26.1 Å². The van der Waals surface area contributed by atoms with Crippen molar-refractivity contribution in [3.63, 3.8) is 0 Å². The average molecular weight is 262 g/mol. The van der Waals surface area contributed by atoms with E-state index in [-0.39, 0.29) is 17.9 Å². The Morgan fingerprint density at radius 2 is 2.16 bits per heavy atom. The molecule has 1 fully saturated rings. The van der Waals surface area contributed by atoms with Gasteiger partial charge in [-0.1, -0.05) is 19.1 Å². The molecule has 1 aliphatic heterocycles. The van der Waals surface area contributed by atoms with Gasteiger partial charge in [-0.15, -0.1) is 0 Å². The number of carbonyl (C=O) groups is 1. The molecule has 0 aliphatic carbocycles. The summed E-state index contributed by atoms with van der Waals surface area (Å²) >= 11 is 0. The Balaban J connectivity index is 1.95. The van der Waals surface area contributed by atoms with Crippen LogP contribution in [0.3, 0.4) is 0 Å². The van der Waals surface area contributed by atoms with Crippen LogP contribution in [0, 0.1) is 11.8 Å². The SMILES string of the molecule is COc1cccc([C@H](C)NC(=O)C(C)C2CNC2)c1. The summed E-state index contributed by atoms with van der Waals surface area (Å²) in [4.78, 5) is 12.1. The number of methoxy groups -OCH3 is 1. The maximum Gasteiger partial charge on any atom is 0.223 e. The van der Waals surface area contributed by atoms with E-state index in [1.807, 2.05) is 38.1 Å². The van der Waals surface area contributed by atoms with Crippen LogP contribution in [0.25, 0.3) is 0 Å². The van der Waals surface area contributed by atoms with Crippen molar-refractivity contribution in [3.05, 3.63) is 29.8 Å². The number of hydrogen-bond donors (Lipinski definition) is 2. The van der Waals surface area contributed by atoms with Crippen LogP contribution in [0.15, 0.2) is 24.3 Å². The van der Waals surface area contributed by atoms with E-state index in [1.54, 1.807) is 7.11 Å². The molecule has 0 aromatic heterocycles. The first kappa shape index (κ1) is 13.9. The minimum atomic E-state index is -0.00177. The Hall–Kier alpha value is -1.55. The van der Waals surface area contributed by atoms with E-state index in [1.165, 1.54) is 0 Å². The van der Waals surface area contributed by atoms with E-state index in [2.05, 4.69) is 10.6 Å². The number of rotatable bonds is 5. The molecule has 19 heavy (non-hydrogen) atoms. The smallest absolute Gasteiger partial charge is 0.223 e. The highest BCUT2D eigenvalue weighted by Gasteiger charge is 2.29. The van der Waals surface area contributed by atoms with Gasteiger partial charge >= 0.3 is 0 Å². The number of amides is 1. The highest BCUT2D eigenvalue weighted by atomic mass is 16.5. The summed E-state index contributed by atoms with van der Waals surface area (Å²) in [6, 6.07) is 7.80. The topological polar surface area (TPSA) is 50.4 Å². The lowest BCUT2D eigenvalue weighted by molar-refractivity contribution is -0.127. The Labute approximate surface area is 114 Å². The van der Waals surface area contributed by atoms with Crippen LogP contribution in [0.2, 0.25) is 0 Å². The summed E-state index contributed by atoms with van der Waals surface area (Å²) in [5.41, 5.74) is 1.06. The molecule has 1 saturated heterocycles. The maximum absolute atomic E-state index is 12.1. The lowest BCUT2D eigenvalue weighted by Crippen LogP contribution is -2.49. The van der Waals surface area contributed by atoms with Gasteiger partial charge in [0.05, 0.1) is 13.2 Å². The Kier molecular flexibility index (Phi) is 4.43. The second-order valence-electron chi connectivity index (χ2n) is 5.21. The fourth-order valence-corrected chi connectivity index (χ4v) is 2.22. The predicted molar refractivity (Wildman–Crippen MR) is 75.1 cm³/mol. The monoisotopic (exact) mass is 262 g/mol. The third-order valence-electron chi connectivity index (χ3n) is 3.89. The van der Waals surface area contributed by atoms with Crippen molar-refractivity contribution in [3.8, 4) is 5.75 Å². The van der Waals surface area contributed by atoms with Gasteiger partial charge in [-0.2, -0.15) is 0 Å². The molecule has 1 aromatic rings. The second kappa shape index (κ2) is 6.06. The number of benzene rings is 1. The van der Waals surface area contributed by atoms with E-state index in [0.717, 1.165) is 24.4 Å². The van der Waals surface area contributed by atoms with Crippen molar-refractivity contribution in [2.45, 2.75) is 19.9 Å². The second-order valence-corrected chi connectivity index (χ2v) is 5.21. The molecule has 0 radical (unpaired) electrons. The van der Waals surface area contributed by atoms with Crippen LogP contribution >= 0.6 is 0 Å².